The number of ether oxygens (including phenoxy) is 1. The lowest BCUT2D eigenvalue weighted by molar-refractivity contribution is 0.0790. The van der Waals surface area contributed by atoms with Crippen molar-refractivity contribution in [2.24, 2.45) is 5.14 Å². The van der Waals surface area contributed by atoms with Gasteiger partial charge in [-0.25, -0.2) is 17.9 Å². The van der Waals surface area contributed by atoms with Gasteiger partial charge in [0.15, 0.2) is 11.6 Å². The lowest BCUT2D eigenvalue weighted by Crippen LogP contribution is -2.39. The number of hydrogen-bond donors (Lipinski definition) is 2. The molecule has 0 amide bonds. The molecule has 0 aromatic heterocycles. The first-order valence-corrected chi connectivity index (χ1v) is 11.3. The van der Waals surface area contributed by atoms with E-state index in [1.54, 1.807) is 12.1 Å². The van der Waals surface area contributed by atoms with Crippen molar-refractivity contribution in [1.82, 2.24) is 4.90 Å². The second-order valence-electron chi connectivity index (χ2n) is 7.34. The molecular formula is C19H19Cl2FN2O4S. The summed E-state index contributed by atoms with van der Waals surface area (Å²) in [5.74, 6) is -0.936. The monoisotopic (exact) mass is 460 g/mol. The largest absolute Gasteiger partial charge is 0.481 e. The Morgan fingerprint density at radius 1 is 1.24 bits per heavy atom. The molecule has 1 aliphatic heterocycles. The Morgan fingerprint density at radius 3 is 2.62 bits per heavy atom. The van der Waals surface area contributed by atoms with Gasteiger partial charge in [-0.1, -0.05) is 23.2 Å². The van der Waals surface area contributed by atoms with Crippen LogP contribution < -0.4 is 9.88 Å². The average Bonchev–Trinajstić information content (AvgIpc) is 3.20. The summed E-state index contributed by atoms with van der Waals surface area (Å²) >= 11 is 12.6. The van der Waals surface area contributed by atoms with Gasteiger partial charge in [0, 0.05) is 28.7 Å². The second-order valence-corrected chi connectivity index (χ2v) is 9.75. The van der Waals surface area contributed by atoms with Crippen LogP contribution in [0.25, 0.3) is 0 Å². The minimum Gasteiger partial charge on any atom is -0.481 e. The molecule has 6 nitrogen and oxygen atoms in total. The van der Waals surface area contributed by atoms with E-state index in [0.29, 0.717) is 36.0 Å². The molecule has 4 rings (SSSR count). The van der Waals surface area contributed by atoms with Gasteiger partial charge >= 0.3 is 0 Å². The molecule has 0 spiro atoms. The van der Waals surface area contributed by atoms with Crippen LogP contribution in [0.2, 0.25) is 10.0 Å². The molecule has 29 heavy (non-hydrogen) atoms. The Balaban J connectivity index is 1.71. The van der Waals surface area contributed by atoms with E-state index < -0.39 is 28.0 Å². The maximum absolute atomic E-state index is 14.6. The van der Waals surface area contributed by atoms with Gasteiger partial charge in [0.25, 0.3) is 0 Å². The molecule has 0 radical (unpaired) electrons. The Kier molecular flexibility index (Phi) is 5.52. The van der Waals surface area contributed by atoms with E-state index in [2.05, 4.69) is 4.90 Å². The van der Waals surface area contributed by atoms with E-state index in [1.165, 1.54) is 12.1 Å². The molecule has 156 valence electrons. The van der Waals surface area contributed by atoms with Crippen LogP contribution in [0.5, 0.6) is 5.75 Å². The zero-order chi connectivity index (χ0) is 20.9. The molecule has 3 N–H and O–H groups in total. The SMILES string of the molecule is NS(=O)(=O)c1ccc(O[C@H]2c3cc(Cl)cc(Cl)c3C[C@@H]2N2CC[C@@H](O)C2)c(F)c1. The number of halogens is 3. The van der Waals surface area contributed by atoms with Gasteiger partial charge in [-0.15, -0.1) is 0 Å². The lowest BCUT2D eigenvalue weighted by Gasteiger charge is -2.30. The predicted octanol–water partition coefficient (Wildman–Crippen LogP) is 2.89. The molecule has 2 aliphatic rings. The maximum Gasteiger partial charge on any atom is 0.238 e. The first-order chi connectivity index (χ1) is 13.6. The molecule has 0 bridgehead atoms. The fourth-order valence-corrected chi connectivity index (χ4v) is 5.15. The van der Waals surface area contributed by atoms with Crippen molar-refractivity contribution >= 4 is 33.2 Å². The van der Waals surface area contributed by atoms with E-state index >= 15 is 0 Å². The molecule has 1 heterocycles. The Hall–Kier alpha value is -1.42. The highest BCUT2D eigenvalue weighted by Gasteiger charge is 2.42. The van der Waals surface area contributed by atoms with Gasteiger partial charge in [0.05, 0.1) is 17.0 Å². The van der Waals surface area contributed by atoms with Crippen LogP contribution in [0, 0.1) is 5.82 Å². The third kappa shape index (κ3) is 4.10. The molecule has 0 unspecified atom stereocenters. The van der Waals surface area contributed by atoms with Crippen LogP contribution in [-0.4, -0.2) is 43.7 Å². The fraction of sp³-hybridized carbons (Fsp3) is 0.368. The summed E-state index contributed by atoms with van der Waals surface area (Å²) in [7, 11) is -4.03. The number of aliphatic hydroxyl groups excluding tert-OH is 1. The summed E-state index contributed by atoms with van der Waals surface area (Å²) in [5.41, 5.74) is 1.62. The number of nitrogens with zero attached hydrogens (tertiary/aromatic N) is 1. The molecular weight excluding hydrogens is 442 g/mol. The Morgan fingerprint density at radius 2 is 2.00 bits per heavy atom. The zero-order valence-corrected chi connectivity index (χ0v) is 17.5. The van der Waals surface area contributed by atoms with Crippen LogP contribution in [0.4, 0.5) is 4.39 Å². The predicted molar refractivity (Wildman–Crippen MR) is 107 cm³/mol. The van der Waals surface area contributed by atoms with Crippen LogP contribution in [0.1, 0.15) is 23.7 Å². The number of sulfonamides is 1. The van der Waals surface area contributed by atoms with E-state index in [0.717, 1.165) is 17.2 Å². The van der Waals surface area contributed by atoms with E-state index in [-0.39, 0.29) is 16.7 Å². The Labute approximate surface area is 178 Å². The van der Waals surface area contributed by atoms with Crippen molar-refractivity contribution in [3.05, 3.63) is 57.3 Å². The van der Waals surface area contributed by atoms with Gasteiger partial charge in [-0.2, -0.15) is 0 Å². The van der Waals surface area contributed by atoms with Crippen LogP contribution in [0.3, 0.4) is 0 Å². The highest BCUT2D eigenvalue weighted by Crippen LogP contribution is 2.43. The standard InChI is InChI=1S/C19H19Cl2FN2O4S/c20-10-5-14-13(15(21)6-10)8-17(24-4-3-11(25)9-24)19(14)28-18-2-1-12(7-16(18)22)29(23,26)27/h1-2,5-7,11,17,19,25H,3-4,8-9H2,(H2,23,26,27)/t11-,17+,19+/m1/s1. The van der Waals surface area contributed by atoms with Gasteiger partial charge in [-0.05, 0) is 48.7 Å². The van der Waals surface area contributed by atoms with E-state index in [1.807, 2.05) is 0 Å². The van der Waals surface area contributed by atoms with E-state index in [4.69, 9.17) is 33.1 Å². The number of benzene rings is 2. The van der Waals surface area contributed by atoms with Crippen molar-refractivity contribution in [3.8, 4) is 5.75 Å². The topological polar surface area (TPSA) is 92.9 Å². The smallest absolute Gasteiger partial charge is 0.238 e. The number of nitrogens with two attached hydrogens (primary N) is 1. The van der Waals surface area contributed by atoms with Gasteiger partial charge in [0.1, 0.15) is 6.10 Å². The second kappa shape index (κ2) is 7.68. The molecule has 10 heteroatoms. The summed E-state index contributed by atoms with van der Waals surface area (Å²) in [6.07, 6.45) is 0.205. The van der Waals surface area contributed by atoms with Gasteiger partial charge in [-0.3, -0.25) is 4.90 Å². The van der Waals surface area contributed by atoms with Crippen molar-refractivity contribution in [1.29, 1.82) is 0 Å². The van der Waals surface area contributed by atoms with E-state index in [9.17, 15) is 17.9 Å². The molecule has 2 aromatic rings. The summed E-state index contributed by atoms with van der Waals surface area (Å²) in [6.45, 7) is 1.16. The van der Waals surface area contributed by atoms with Crippen molar-refractivity contribution < 1.29 is 22.7 Å². The summed E-state index contributed by atoms with van der Waals surface area (Å²) in [6, 6.07) is 6.51. The minimum atomic E-state index is -4.03. The number of β-amino-alcohol motifs (C(OH)–C–C–N with tert-alkyl or cyclic N) is 1. The normalized spacial score (nSPS) is 24.7. The third-order valence-corrected chi connectivity index (χ3v) is 6.88. The van der Waals surface area contributed by atoms with Gasteiger partial charge < -0.3 is 9.84 Å². The number of aliphatic hydroxyl groups is 1. The summed E-state index contributed by atoms with van der Waals surface area (Å²) < 4.78 is 43.5. The average molecular weight is 461 g/mol. The van der Waals surface area contributed by atoms with Crippen LogP contribution >= 0.6 is 23.2 Å². The summed E-state index contributed by atoms with van der Waals surface area (Å²) in [5, 5.41) is 15.9. The quantitative estimate of drug-likeness (QED) is 0.731. The third-order valence-electron chi connectivity index (χ3n) is 5.41. The van der Waals surface area contributed by atoms with Gasteiger partial charge in [0.2, 0.25) is 10.0 Å². The maximum atomic E-state index is 14.6. The van der Waals surface area contributed by atoms with Crippen molar-refractivity contribution in [2.45, 2.75) is 36.0 Å². The first kappa shape index (κ1) is 20.8. The lowest BCUT2D eigenvalue weighted by atomic mass is 10.1. The van der Waals surface area contributed by atoms with Crippen molar-refractivity contribution in [2.75, 3.05) is 13.1 Å². The minimum absolute atomic E-state index is 0.101. The summed E-state index contributed by atoms with van der Waals surface area (Å²) in [4.78, 5) is 1.76. The number of likely N-dealkylation sites (tertiary alicyclic amines) is 1. The molecule has 1 saturated heterocycles. The highest BCUT2D eigenvalue weighted by molar-refractivity contribution is 7.89. The number of fused-ring (bicyclic) bond motifs is 1. The van der Waals surface area contributed by atoms with Crippen LogP contribution in [0.15, 0.2) is 35.2 Å². The molecule has 2 aromatic carbocycles. The molecule has 1 fully saturated rings. The first-order valence-electron chi connectivity index (χ1n) is 9.02. The highest BCUT2D eigenvalue weighted by atomic mass is 35.5. The number of rotatable bonds is 4. The van der Waals surface area contributed by atoms with Crippen molar-refractivity contribution in [3.63, 3.8) is 0 Å². The molecule has 0 saturated carbocycles. The fourth-order valence-electron chi connectivity index (χ4n) is 4.04. The Bertz CT molecular complexity index is 1070. The zero-order valence-electron chi connectivity index (χ0n) is 15.2. The molecule has 1 aliphatic carbocycles. The molecule has 3 atom stereocenters. The number of hydrogen-bond acceptors (Lipinski definition) is 5. The van der Waals surface area contributed by atoms with Crippen LogP contribution in [-0.2, 0) is 16.4 Å². The number of primary sulfonamides is 1.